The summed E-state index contributed by atoms with van der Waals surface area (Å²) in [6.45, 7) is 5.14. The van der Waals surface area contributed by atoms with E-state index in [1.807, 2.05) is 0 Å². The zero-order chi connectivity index (χ0) is 16.2. The number of carboxylic acid groups (broad SMARTS) is 2. The largest absolute Gasteiger partial charge is 0.481 e. The zero-order valence-corrected chi connectivity index (χ0v) is 12.4. The molecule has 6 heteroatoms. The minimum absolute atomic E-state index is 0.0231. The Balaban J connectivity index is 1.84. The number of ether oxygens (including phenoxy) is 1. The van der Waals surface area contributed by atoms with E-state index in [-0.39, 0.29) is 29.8 Å². The summed E-state index contributed by atoms with van der Waals surface area (Å²) in [6.07, 6.45) is 1.79. The predicted molar refractivity (Wildman–Crippen MR) is 74.8 cm³/mol. The van der Waals surface area contributed by atoms with Crippen molar-refractivity contribution < 1.29 is 29.3 Å². The van der Waals surface area contributed by atoms with Gasteiger partial charge in [0.2, 0.25) is 0 Å². The molecule has 3 fully saturated rings. The normalized spacial score (nSPS) is 42.0. The van der Waals surface area contributed by atoms with Crippen molar-refractivity contribution in [3.63, 3.8) is 0 Å². The van der Waals surface area contributed by atoms with Gasteiger partial charge in [-0.1, -0.05) is 6.58 Å². The number of rotatable bonds is 4. The summed E-state index contributed by atoms with van der Waals surface area (Å²) in [4.78, 5) is 34.8. The van der Waals surface area contributed by atoms with Gasteiger partial charge in [0.15, 0.2) is 0 Å². The first-order valence-electron chi connectivity index (χ1n) is 7.65. The number of carbonyl (C=O) groups is 3. The van der Waals surface area contributed by atoms with E-state index in [1.54, 1.807) is 6.92 Å². The highest BCUT2D eigenvalue weighted by atomic mass is 16.5. The highest BCUT2D eigenvalue weighted by molar-refractivity contribution is 5.87. The lowest BCUT2D eigenvalue weighted by Crippen LogP contribution is -2.43. The monoisotopic (exact) mass is 308 g/mol. The van der Waals surface area contributed by atoms with Gasteiger partial charge in [0, 0.05) is 11.5 Å². The summed E-state index contributed by atoms with van der Waals surface area (Å²) in [5.74, 6) is -4.37. The van der Waals surface area contributed by atoms with Crippen molar-refractivity contribution in [1.82, 2.24) is 0 Å². The Morgan fingerprint density at radius 3 is 2.14 bits per heavy atom. The molecule has 0 aromatic heterocycles. The van der Waals surface area contributed by atoms with Gasteiger partial charge >= 0.3 is 17.9 Å². The highest BCUT2D eigenvalue weighted by Crippen LogP contribution is 2.64. The average molecular weight is 308 g/mol. The van der Waals surface area contributed by atoms with E-state index >= 15 is 0 Å². The maximum Gasteiger partial charge on any atom is 0.333 e. The van der Waals surface area contributed by atoms with E-state index in [0.29, 0.717) is 18.4 Å². The Morgan fingerprint density at radius 2 is 1.59 bits per heavy atom. The molecule has 0 aromatic carbocycles. The topological polar surface area (TPSA) is 101 Å². The van der Waals surface area contributed by atoms with E-state index in [4.69, 9.17) is 4.74 Å². The first kappa shape index (κ1) is 15.1. The molecular formula is C16H20O6. The van der Waals surface area contributed by atoms with Crippen LogP contribution in [0.2, 0.25) is 0 Å². The molecule has 120 valence electrons. The first-order chi connectivity index (χ1) is 10.3. The summed E-state index contributed by atoms with van der Waals surface area (Å²) in [5.41, 5.74) is 0.324. The fraction of sp³-hybridized carbons (Fsp3) is 0.688. The van der Waals surface area contributed by atoms with Gasteiger partial charge in [-0.05, 0) is 43.9 Å². The van der Waals surface area contributed by atoms with Crippen LogP contribution in [0.3, 0.4) is 0 Å². The Morgan fingerprint density at radius 1 is 1.00 bits per heavy atom. The first-order valence-corrected chi connectivity index (χ1v) is 7.65. The predicted octanol–water partition coefficient (Wildman–Crippen LogP) is 1.55. The smallest absolute Gasteiger partial charge is 0.333 e. The van der Waals surface area contributed by atoms with Gasteiger partial charge in [-0.15, -0.1) is 0 Å². The lowest BCUT2D eigenvalue weighted by atomic mass is 9.69. The van der Waals surface area contributed by atoms with E-state index in [1.165, 1.54) is 0 Å². The summed E-state index contributed by atoms with van der Waals surface area (Å²) in [7, 11) is 0. The molecule has 0 saturated heterocycles. The molecule has 0 radical (unpaired) electrons. The standard InChI is InChI=1S/C16H20O6/c1-6(2)16(21)22-10-4-3-7-8-5-9(11(7)10)13(15(19)20)12(8)14(17)18/h7-13H,1,3-5H2,2H3,(H,17,18)(H,19,20). The molecule has 7 unspecified atom stereocenters. The minimum atomic E-state index is -1.05. The van der Waals surface area contributed by atoms with Crippen LogP contribution in [0, 0.1) is 35.5 Å². The van der Waals surface area contributed by atoms with Crippen molar-refractivity contribution in [1.29, 1.82) is 0 Å². The van der Waals surface area contributed by atoms with Crippen molar-refractivity contribution >= 4 is 17.9 Å². The number of hydrogen-bond donors (Lipinski definition) is 2. The summed E-state index contributed by atoms with van der Waals surface area (Å²) < 4.78 is 5.48. The van der Waals surface area contributed by atoms with Crippen molar-refractivity contribution in [3.05, 3.63) is 12.2 Å². The second-order valence-corrected chi connectivity index (χ2v) is 6.83. The van der Waals surface area contributed by atoms with Gasteiger partial charge in [-0.25, -0.2) is 4.79 Å². The molecule has 3 saturated carbocycles. The summed E-state index contributed by atoms with van der Waals surface area (Å²) >= 11 is 0. The van der Waals surface area contributed by atoms with Crippen LogP contribution in [0.1, 0.15) is 26.2 Å². The second-order valence-electron chi connectivity index (χ2n) is 6.83. The Labute approximate surface area is 128 Å². The highest BCUT2D eigenvalue weighted by Gasteiger charge is 2.66. The van der Waals surface area contributed by atoms with Gasteiger partial charge in [0.1, 0.15) is 6.10 Å². The van der Waals surface area contributed by atoms with Gasteiger partial charge < -0.3 is 14.9 Å². The molecule has 6 nitrogen and oxygen atoms in total. The molecule has 22 heavy (non-hydrogen) atoms. The molecule has 3 aliphatic carbocycles. The van der Waals surface area contributed by atoms with E-state index < -0.39 is 29.7 Å². The maximum atomic E-state index is 11.7. The van der Waals surface area contributed by atoms with Crippen LogP contribution in [0.5, 0.6) is 0 Å². The molecule has 7 atom stereocenters. The molecule has 0 aromatic rings. The number of aliphatic carboxylic acids is 2. The molecule has 3 rings (SSSR count). The number of carboxylic acids is 2. The van der Waals surface area contributed by atoms with Crippen LogP contribution in [0.25, 0.3) is 0 Å². The van der Waals surface area contributed by atoms with Crippen molar-refractivity contribution in [2.24, 2.45) is 35.5 Å². The fourth-order valence-electron chi connectivity index (χ4n) is 5.14. The van der Waals surface area contributed by atoms with Gasteiger partial charge in [-0.2, -0.15) is 0 Å². The lowest BCUT2D eigenvalue weighted by molar-refractivity contribution is -0.161. The summed E-state index contributed by atoms with van der Waals surface area (Å²) in [5, 5.41) is 18.8. The maximum absolute atomic E-state index is 11.7. The second kappa shape index (κ2) is 5.11. The van der Waals surface area contributed by atoms with Crippen LogP contribution < -0.4 is 0 Å². The zero-order valence-electron chi connectivity index (χ0n) is 12.4. The molecule has 2 N–H and O–H groups in total. The Bertz CT molecular complexity index is 553. The third-order valence-electron chi connectivity index (χ3n) is 5.78. The quantitative estimate of drug-likeness (QED) is 0.603. The van der Waals surface area contributed by atoms with Gasteiger partial charge in [0.05, 0.1) is 11.8 Å². The van der Waals surface area contributed by atoms with E-state index in [0.717, 1.165) is 6.42 Å². The van der Waals surface area contributed by atoms with Crippen LogP contribution in [-0.4, -0.2) is 34.2 Å². The fourth-order valence-corrected chi connectivity index (χ4v) is 5.14. The van der Waals surface area contributed by atoms with Crippen LogP contribution >= 0.6 is 0 Å². The van der Waals surface area contributed by atoms with E-state index in [9.17, 15) is 24.6 Å². The van der Waals surface area contributed by atoms with Crippen LogP contribution in [-0.2, 0) is 19.1 Å². The van der Waals surface area contributed by atoms with Crippen molar-refractivity contribution in [2.45, 2.75) is 32.3 Å². The molecule has 0 spiro atoms. The molecule has 0 heterocycles. The Hall–Kier alpha value is -1.85. The number of esters is 1. The van der Waals surface area contributed by atoms with E-state index in [2.05, 4.69) is 6.58 Å². The average Bonchev–Trinajstić information content (AvgIpc) is 3.07. The minimum Gasteiger partial charge on any atom is -0.481 e. The lowest BCUT2D eigenvalue weighted by Gasteiger charge is -2.35. The number of fused-ring (bicyclic) bond motifs is 5. The summed E-state index contributed by atoms with van der Waals surface area (Å²) in [6, 6.07) is 0. The third kappa shape index (κ3) is 2.04. The molecule has 3 aliphatic rings. The van der Waals surface area contributed by atoms with Crippen molar-refractivity contribution in [2.75, 3.05) is 0 Å². The number of hydrogen-bond acceptors (Lipinski definition) is 4. The van der Waals surface area contributed by atoms with Gasteiger partial charge in [-0.3, -0.25) is 9.59 Å². The van der Waals surface area contributed by atoms with Gasteiger partial charge in [0.25, 0.3) is 0 Å². The number of carbonyl (C=O) groups excluding carboxylic acids is 1. The molecule has 2 bridgehead atoms. The van der Waals surface area contributed by atoms with Crippen LogP contribution in [0.15, 0.2) is 12.2 Å². The Kier molecular flexibility index (Phi) is 3.50. The molecule has 0 aliphatic heterocycles. The van der Waals surface area contributed by atoms with Crippen LogP contribution in [0.4, 0.5) is 0 Å². The molecular weight excluding hydrogens is 288 g/mol. The SMILES string of the molecule is C=C(C)C(=O)OC1CCC2C3CC(C(C(=O)O)C3C(=O)O)C12. The third-order valence-corrected chi connectivity index (χ3v) is 5.78. The molecule has 0 amide bonds. The van der Waals surface area contributed by atoms with Crippen molar-refractivity contribution in [3.8, 4) is 0 Å².